The van der Waals surface area contributed by atoms with Gasteiger partial charge < -0.3 is 29.0 Å². The summed E-state index contributed by atoms with van der Waals surface area (Å²) in [5, 5.41) is 3.63. The predicted molar refractivity (Wildman–Crippen MR) is 109 cm³/mol. The maximum Gasteiger partial charge on any atom is 0.203 e. The molecular weight excluding hydrogens is 358 g/mol. The Labute approximate surface area is 166 Å². The number of nitrogens with one attached hydrogen (secondary N) is 1. The average molecular weight is 387 g/mol. The van der Waals surface area contributed by atoms with Crippen LogP contribution in [0.5, 0.6) is 28.7 Å². The molecule has 1 N–H and O–H groups in total. The molecule has 6 heteroatoms. The van der Waals surface area contributed by atoms with E-state index in [1.54, 1.807) is 35.5 Å². The molecular formula is C22H29NO5. The zero-order valence-corrected chi connectivity index (χ0v) is 17.5. The smallest absolute Gasteiger partial charge is 0.203 e. The van der Waals surface area contributed by atoms with Gasteiger partial charge in [-0.15, -0.1) is 0 Å². The van der Waals surface area contributed by atoms with Crippen LogP contribution < -0.4 is 29.0 Å². The Hall–Kier alpha value is -2.60. The normalized spacial score (nSPS) is 15.6. The summed E-state index contributed by atoms with van der Waals surface area (Å²) in [7, 11) is 8.27. The van der Waals surface area contributed by atoms with Gasteiger partial charge in [-0.05, 0) is 61.2 Å². The summed E-state index contributed by atoms with van der Waals surface area (Å²) in [5.74, 6) is 3.56. The summed E-state index contributed by atoms with van der Waals surface area (Å²) in [6.07, 6.45) is 1.69. The second-order valence-electron chi connectivity index (χ2n) is 6.81. The molecule has 0 amide bonds. The highest BCUT2D eigenvalue weighted by atomic mass is 16.5. The molecule has 1 heterocycles. The third kappa shape index (κ3) is 3.56. The fourth-order valence-corrected chi connectivity index (χ4v) is 3.93. The summed E-state index contributed by atoms with van der Waals surface area (Å²) in [6.45, 7) is 2.96. The van der Waals surface area contributed by atoms with Crippen LogP contribution in [0.1, 0.15) is 28.3 Å². The number of methoxy groups -OCH3 is 5. The second kappa shape index (κ2) is 8.61. The highest BCUT2D eigenvalue weighted by molar-refractivity contribution is 5.61. The number of fused-ring (bicyclic) bond motifs is 1. The van der Waals surface area contributed by atoms with E-state index >= 15 is 0 Å². The van der Waals surface area contributed by atoms with Crippen molar-refractivity contribution in [2.75, 3.05) is 42.1 Å². The van der Waals surface area contributed by atoms with E-state index in [4.69, 9.17) is 23.7 Å². The van der Waals surface area contributed by atoms with Crippen LogP contribution in [0.25, 0.3) is 0 Å². The van der Waals surface area contributed by atoms with Gasteiger partial charge >= 0.3 is 0 Å². The molecule has 6 nitrogen and oxygen atoms in total. The number of ether oxygens (including phenoxy) is 5. The molecule has 152 valence electrons. The first kappa shape index (κ1) is 20.1. The molecule has 0 aromatic heterocycles. The SMILES string of the molecule is COc1cc(C)c(CC2NCCc3c2cc(OC)c(OC)c3OC)cc1OC. The quantitative estimate of drug-likeness (QED) is 0.785. The van der Waals surface area contributed by atoms with E-state index in [2.05, 4.69) is 24.4 Å². The maximum atomic E-state index is 5.70. The lowest BCUT2D eigenvalue weighted by Gasteiger charge is -2.30. The third-order valence-corrected chi connectivity index (χ3v) is 5.37. The summed E-state index contributed by atoms with van der Waals surface area (Å²) < 4.78 is 27.7. The minimum Gasteiger partial charge on any atom is -0.493 e. The van der Waals surface area contributed by atoms with Crippen molar-refractivity contribution < 1.29 is 23.7 Å². The van der Waals surface area contributed by atoms with Crippen LogP contribution in [0.15, 0.2) is 18.2 Å². The van der Waals surface area contributed by atoms with E-state index in [1.807, 2.05) is 6.07 Å². The lowest BCUT2D eigenvalue weighted by molar-refractivity contribution is 0.318. The minimum atomic E-state index is 0.134. The zero-order chi connectivity index (χ0) is 20.3. The molecule has 1 atom stereocenters. The van der Waals surface area contributed by atoms with Crippen LogP contribution in [0.2, 0.25) is 0 Å². The molecule has 0 spiro atoms. The Morgan fingerprint density at radius 3 is 2.07 bits per heavy atom. The van der Waals surface area contributed by atoms with Gasteiger partial charge in [0.15, 0.2) is 23.0 Å². The summed E-state index contributed by atoms with van der Waals surface area (Å²) in [5.41, 5.74) is 4.72. The lowest BCUT2D eigenvalue weighted by Crippen LogP contribution is -2.32. The van der Waals surface area contributed by atoms with Gasteiger partial charge in [0.2, 0.25) is 5.75 Å². The number of aryl methyl sites for hydroxylation is 1. The Balaban J connectivity index is 2.04. The van der Waals surface area contributed by atoms with Crippen molar-refractivity contribution in [3.63, 3.8) is 0 Å². The molecule has 0 aliphatic carbocycles. The van der Waals surface area contributed by atoms with Crippen molar-refractivity contribution >= 4 is 0 Å². The first-order chi connectivity index (χ1) is 13.6. The molecule has 2 aromatic carbocycles. The fraction of sp³-hybridized carbons (Fsp3) is 0.455. The van der Waals surface area contributed by atoms with Gasteiger partial charge in [-0.25, -0.2) is 0 Å². The summed E-state index contributed by atoms with van der Waals surface area (Å²) in [6, 6.07) is 6.27. The Morgan fingerprint density at radius 2 is 1.46 bits per heavy atom. The molecule has 2 aromatic rings. The molecule has 0 saturated carbocycles. The van der Waals surface area contributed by atoms with Gasteiger partial charge in [0, 0.05) is 11.6 Å². The van der Waals surface area contributed by atoms with Gasteiger partial charge in [-0.3, -0.25) is 0 Å². The van der Waals surface area contributed by atoms with E-state index in [9.17, 15) is 0 Å². The Morgan fingerprint density at radius 1 is 0.821 bits per heavy atom. The topological polar surface area (TPSA) is 58.2 Å². The standard InChI is InChI=1S/C22H29NO5/c1-13-9-18(24-2)19(25-3)11-14(13)10-17-16-12-20(26-4)22(28-6)21(27-5)15(16)7-8-23-17/h9,11-12,17,23H,7-8,10H2,1-6H3. The number of benzene rings is 2. The van der Waals surface area contributed by atoms with E-state index < -0.39 is 0 Å². The van der Waals surface area contributed by atoms with E-state index in [1.165, 1.54) is 22.3 Å². The summed E-state index contributed by atoms with van der Waals surface area (Å²) in [4.78, 5) is 0. The molecule has 0 radical (unpaired) electrons. The molecule has 1 aliphatic heterocycles. The molecule has 0 saturated heterocycles. The average Bonchev–Trinajstić information content (AvgIpc) is 2.73. The molecule has 1 aliphatic rings. The van der Waals surface area contributed by atoms with E-state index in [0.29, 0.717) is 11.5 Å². The van der Waals surface area contributed by atoms with Gasteiger partial charge in [0.1, 0.15) is 0 Å². The van der Waals surface area contributed by atoms with Crippen molar-refractivity contribution in [1.82, 2.24) is 5.32 Å². The van der Waals surface area contributed by atoms with Crippen molar-refractivity contribution in [2.24, 2.45) is 0 Å². The predicted octanol–water partition coefficient (Wildman–Crippen LogP) is 3.47. The van der Waals surface area contributed by atoms with Crippen molar-refractivity contribution in [1.29, 1.82) is 0 Å². The molecule has 28 heavy (non-hydrogen) atoms. The van der Waals surface area contributed by atoms with Crippen molar-refractivity contribution in [2.45, 2.75) is 25.8 Å². The monoisotopic (exact) mass is 387 g/mol. The maximum absolute atomic E-state index is 5.70. The van der Waals surface area contributed by atoms with Crippen LogP contribution in [-0.2, 0) is 12.8 Å². The Kier molecular flexibility index (Phi) is 6.19. The first-order valence-electron chi connectivity index (χ1n) is 9.34. The Bertz CT molecular complexity index is 850. The number of hydrogen-bond acceptors (Lipinski definition) is 6. The zero-order valence-electron chi connectivity index (χ0n) is 17.5. The summed E-state index contributed by atoms with van der Waals surface area (Å²) >= 11 is 0. The molecule has 0 bridgehead atoms. The minimum absolute atomic E-state index is 0.134. The number of rotatable bonds is 7. The molecule has 1 unspecified atom stereocenters. The van der Waals surface area contributed by atoms with Gasteiger partial charge in [0.05, 0.1) is 35.5 Å². The van der Waals surface area contributed by atoms with Gasteiger partial charge in [0.25, 0.3) is 0 Å². The van der Waals surface area contributed by atoms with Crippen molar-refractivity contribution in [3.05, 3.63) is 40.5 Å². The fourth-order valence-electron chi connectivity index (χ4n) is 3.93. The van der Waals surface area contributed by atoms with Crippen LogP contribution >= 0.6 is 0 Å². The third-order valence-electron chi connectivity index (χ3n) is 5.37. The van der Waals surface area contributed by atoms with Crippen LogP contribution in [0.3, 0.4) is 0 Å². The van der Waals surface area contributed by atoms with Crippen molar-refractivity contribution in [3.8, 4) is 28.7 Å². The molecule has 3 rings (SSSR count). The van der Waals surface area contributed by atoms with Gasteiger partial charge in [-0.2, -0.15) is 0 Å². The highest BCUT2D eigenvalue weighted by Crippen LogP contribution is 2.45. The van der Waals surface area contributed by atoms with Crippen LogP contribution in [0.4, 0.5) is 0 Å². The van der Waals surface area contributed by atoms with Gasteiger partial charge in [-0.1, -0.05) is 0 Å². The lowest BCUT2D eigenvalue weighted by atomic mass is 9.88. The van der Waals surface area contributed by atoms with Crippen LogP contribution in [0, 0.1) is 6.92 Å². The van der Waals surface area contributed by atoms with E-state index in [0.717, 1.165) is 36.6 Å². The highest BCUT2D eigenvalue weighted by Gasteiger charge is 2.28. The second-order valence-corrected chi connectivity index (χ2v) is 6.81. The van der Waals surface area contributed by atoms with E-state index in [-0.39, 0.29) is 6.04 Å². The number of hydrogen-bond donors (Lipinski definition) is 1. The largest absolute Gasteiger partial charge is 0.493 e. The van der Waals surface area contributed by atoms with Crippen LogP contribution in [-0.4, -0.2) is 42.1 Å². The molecule has 0 fully saturated rings. The first-order valence-corrected chi connectivity index (χ1v) is 9.34.